The summed E-state index contributed by atoms with van der Waals surface area (Å²) in [6.07, 6.45) is 2.40. The molecule has 2 heterocycles. The van der Waals surface area contributed by atoms with Gasteiger partial charge < -0.3 is 20.4 Å². The fraction of sp³-hybridized carbons (Fsp3) is 0.350. The first-order chi connectivity index (χ1) is 13.2. The highest BCUT2D eigenvalue weighted by atomic mass is 16.5. The predicted molar refractivity (Wildman–Crippen MR) is 105 cm³/mol. The van der Waals surface area contributed by atoms with Crippen LogP contribution in [0.1, 0.15) is 36.5 Å². The first kappa shape index (κ1) is 19.6. The molecular weight excluding hydrogens is 360 g/mol. The number of ether oxygens (including phenoxy) is 1. The SMILES string of the molecule is COc1cc2nn(CCC(C)(C)O)cc2cc1NC(=O)c1cccc(C)[n+]1[O-]. The quantitative estimate of drug-likeness (QED) is 0.502. The largest absolute Gasteiger partial charge is 0.618 e. The van der Waals surface area contributed by atoms with Crippen LogP contribution >= 0.6 is 0 Å². The molecule has 0 spiro atoms. The molecule has 1 aromatic carbocycles. The summed E-state index contributed by atoms with van der Waals surface area (Å²) in [5, 5.41) is 30.0. The van der Waals surface area contributed by atoms with Crippen LogP contribution in [0.25, 0.3) is 10.9 Å². The Morgan fingerprint density at radius 2 is 2.14 bits per heavy atom. The summed E-state index contributed by atoms with van der Waals surface area (Å²) in [5.41, 5.74) is 0.811. The highest BCUT2D eigenvalue weighted by molar-refractivity contribution is 6.04. The topological polar surface area (TPSA) is 103 Å². The number of nitrogens with one attached hydrogen (secondary N) is 1. The van der Waals surface area contributed by atoms with Crippen molar-refractivity contribution in [2.45, 2.75) is 39.3 Å². The molecule has 0 aliphatic rings. The van der Waals surface area contributed by atoms with Gasteiger partial charge in [0, 0.05) is 43.3 Å². The van der Waals surface area contributed by atoms with Gasteiger partial charge in [0.05, 0.1) is 23.9 Å². The number of hydrogen-bond donors (Lipinski definition) is 2. The summed E-state index contributed by atoms with van der Waals surface area (Å²) in [7, 11) is 1.50. The van der Waals surface area contributed by atoms with Gasteiger partial charge in [-0.3, -0.25) is 9.48 Å². The number of benzene rings is 1. The molecule has 0 bridgehead atoms. The van der Waals surface area contributed by atoms with E-state index < -0.39 is 11.5 Å². The van der Waals surface area contributed by atoms with Crippen molar-refractivity contribution in [1.82, 2.24) is 9.78 Å². The van der Waals surface area contributed by atoms with Gasteiger partial charge in [-0.25, -0.2) is 0 Å². The van der Waals surface area contributed by atoms with Crippen LogP contribution in [0.5, 0.6) is 5.75 Å². The molecule has 0 aliphatic heterocycles. The van der Waals surface area contributed by atoms with Crippen molar-refractivity contribution in [2.24, 2.45) is 0 Å². The summed E-state index contributed by atoms with van der Waals surface area (Å²) >= 11 is 0. The first-order valence-electron chi connectivity index (χ1n) is 8.96. The van der Waals surface area contributed by atoms with Crippen molar-refractivity contribution < 1.29 is 19.4 Å². The van der Waals surface area contributed by atoms with E-state index in [9.17, 15) is 15.1 Å². The number of carbonyl (C=O) groups is 1. The van der Waals surface area contributed by atoms with Gasteiger partial charge >= 0.3 is 5.91 Å². The normalized spacial score (nSPS) is 11.6. The van der Waals surface area contributed by atoms with Gasteiger partial charge in [-0.2, -0.15) is 9.83 Å². The van der Waals surface area contributed by atoms with Crippen molar-refractivity contribution in [2.75, 3.05) is 12.4 Å². The summed E-state index contributed by atoms with van der Waals surface area (Å²) < 4.78 is 7.72. The smallest absolute Gasteiger partial charge is 0.321 e. The molecule has 1 amide bonds. The van der Waals surface area contributed by atoms with E-state index in [4.69, 9.17) is 4.74 Å². The van der Waals surface area contributed by atoms with E-state index in [1.807, 2.05) is 6.20 Å². The lowest BCUT2D eigenvalue weighted by molar-refractivity contribution is -0.614. The van der Waals surface area contributed by atoms with E-state index in [0.29, 0.717) is 40.3 Å². The zero-order valence-electron chi connectivity index (χ0n) is 16.4. The number of methoxy groups -OCH3 is 1. The lowest BCUT2D eigenvalue weighted by Crippen LogP contribution is -2.39. The Morgan fingerprint density at radius 1 is 1.39 bits per heavy atom. The molecule has 0 unspecified atom stereocenters. The first-order valence-corrected chi connectivity index (χ1v) is 8.96. The van der Waals surface area contributed by atoms with E-state index in [1.165, 1.54) is 13.2 Å². The highest BCUT2D eigenvalue weighted by Gasteiger charge is 2.20. The molecule has 28 heavy (non-hydrogen) atoms. The van der Waals surface area contributed by atoms with Gasteiger partial charge in [-0.1, -0.05) is 0 Å². The number of nitrogens with zero attached hydrogens (tertiary/aromatic N) is 3. The highest BCUT2D eigenvalue weighted by Crippen LogP contribution is 2.30. The Hall–Kier alpha value is -3.13. The van der Waals surface area contributed by atoms with E-state index in [-0.39, 0.29) is 5.69 Å². The van der Waals surface area contributed by atoms with Gasteiger partial charge in [0.2, 0.25) is 0 Å². The molecule has 0 fully saturated rings. The van der Waals surface area contributed by atoms with E-state index in [1.54, 1.807) is 49.7 Å². The maximum atomic E-state index is 12.6. The molecule has 2 N–H and O–H groups in total. The molecule has 8 heteroatoms. The monoisotopic (exact) mass is 384 g/mol. The number of anilines is 1. The Balaban J connectivity index is 1.89. The Morgan fingerprint density at radius 3 is 2.82 bits per heavy atom. The molecule has 0 saturated heterocycles. The summed E-state index contributed by atoms with van der Waals surface area (Å²) in [4.78, 5) is 12.6. The predicted octanol–water partition coefficient (Wildman–Crippen LogP) is 2.40. The number of carbonyl (C=O) groups excluding carboxylic acids is 1. The average Bonchev–Trinajstić information content (AvgIpc) is 3.02. The average molecular weight is 384 g/mol. The van der Waals surface area contributed by atoms with Crippen LogP contribution in [-0.4, -0.2) is 33.5 Å². The summed E-state index contributed by atoms with van der Waals surface area (Å²) in [6, 6.07) is 8.25. The molecule has 3 rings (SSSR count). The van der Waals surface area contributed by atoms with Crippen LogP contribution in [0.15, 0.2) is 36.5 Å². The molecule has 3 aromatic rings. The van der Waals surface area contributed by atoms with E-state index in [2.05, 4.69) is 10.4 Å². The minimum atomic E-state index is -0.781. The Bertz CT molecular complexity index is 1020. The zero-order valence-corrected chi connectivity index (χ0v) is 16.4. The fourth-order valence-corrected chi connectivity index (χ4v) is 2.83. The lowest BCUT2D eigenvalue weighted by atomic mass is 10.1. The second-order valence-corrected chi connectivity index (χ2v) is 7.37. The number of aromatic nitrogens is 3. The van der Waals surface area contributed by atoms with Crippen molar-refractivity contribution in [3.05, 3.63) is 53.1 Å². The summed E-state index contributed by atoms with van der Waals surface area (Å²) in [5.74, 6) is -0.0792. The number of hydrogen-bond acceptors (Lipinski definition) is 5. The van der Waals surface area contributed by atoms with Crippen molar-refractivity contribution in [1.29, 1.82) is 0 Å². The van der Waals surface area contributed by atoms with Gasteiger partial charge in [0.25, 0.3) is 5.69 Å². The Kier molecular flexibility index (Phi) is 5.24. The van der Waals surface area contributed by atoms with E-state index in [0.717, 1.165) is 5.39 Å². The standard InChI is InChI=1S/C20H24N4O4/c1-13-6-5-7-17(24(13)27)19(25)21-16-10-14-12-23(9-8-20(2,3)26)22-15(14)11-18(16)28-4/h5-7,10-12,26H,8-9H2,1-4H3,(H,21,25). The third-order valence-corrected chi connectivity index (χ3v) is 4.44. The second-order valence-electron chi connectivity index (χ2n) is 7.37. The molecule has 8 nitrogen and oxygen atoms in total. The maximum Gasteiger partial charge on any atom is 0.321 e. The van der Waals surface area contributed by atoms with Crippen LogP contribution in [0.4, 0.5) is 5.69 Å². The molecule has 0 aliphatic carbocycles. The Labute approximate surface area is 162 Å². The number of pyridine rings is 1. The van der Waals surface area contributed by atoms with Gasteiger partial charge in [-0.15, -0.1) is 0 Å². The van der Waals surface area contributed by atoms with Gasteiger partial charge in [0.15, 0.2) is 5.69 Å². The minimum Gasteiger partial charge on any atom is -0.618 e. The van der Waals surface area contributed by atoms with Crippen LogP contribution in [0.3, 0.4) is 0 Å². The number of rotatable bonds is 6. The molecule has 0 radical (unpaired) electrons. The summed E-state index contributed by atoms with van der Waals surface area (Å²) in [6.45, 7) is 5.70. The maximum absolute atomic E-state index is 12.6. The fourth-order valence-electron chi connectivity index (χ4n) is 2.83. The zero-order chi connectivity index (χ0) is 20.5. The van der Waals surface area contributed by atoms with Crippen molar-refractivity contribution in [3.8, 4) is 5.75 Å². The van der Waals surface area contributed by atoms with Crippen LogP contribution in [-0.2, 0) is 6.54 Å². The van der Waals surface area contributed by atoms with Gasteiger partial charge in [0.1, 0.15) is 5.75 Å². The van der Waals surface area contributed by atoms with Crippen molar-refractivity contribution >= 4 is 22.5 Å². The number of amides is 1. The lowest BCUT2D eigenvalue weighted by Gasteiger charge is -2.16. The molecule has 2 aromatic heterocycles. The van der Waals surface area contributed by atoms with Crippen LogP contribution in [0.2, 0.25) is 0 Å². The number of aryl methyl sites for hydroxylation is 2. The number of fused-ring (bicyclic) bond motifs is 1. The molecular formula is C20H24N4O4. The van der Waals surface area contributed by atoms with Gasteiger partial charge in [-0.05, 0) is 32.4 Å². The van der Waals surface area contributed by atoms with E-state index >= 15 is 0 Å². The molecule has 148 valence electrons. The number of aliphatic hydroxyl groups is 1. The van der Waals surface area contributed by atoms with Crippen molar-refractivity contribution in [3.63, 3.8) is 0 Å². The molecule has 0 saturated carbocycles. The van der Waals surface area contributed by atoms with Crippen LogP contribution < -0.4 is 14.8 Å². The van der Waals surface area contributed by atoms with Crippen LogP contribution in [0, 0.1) is 12.1 Å². The molecule has 0 atom stereocenters. The second kappa shape index (κ2) is 7.47. The third kappa shape index (κ3) is 4.23. The minimum absolute atomic E-state index is 0.00280. The third-order valence-electron chi connectivity index (χ3n) is 4.44.